The van der Waals surface area contributed by atoms with Crippen molar-refractivity contribution in [2.24, 2.45) is 0 Å². The monoisotopic (exact) mass is 261 g/mol. The van der Waals surface area contributed by atoms with E-state index < -0.39 is 0 Å². The molecule has 0 radical (unpaired) electrons. The first kappa shape index (κ1) is 12.7. The molecule has 0 aliphatic heterocycles. The second-order valence-electron chi connectivity index (χ2n) is 4.26. The van der Waals surface area contributed by atoms with Gasteiger partial charge in [0, 0.05) is 44.4 Å². The van der Waals surface area contributed by atoms with Crippen LogP contribution in [0.5, 0.6) is 0 Å². The highest BCUT2D eigenvalue weighted by atomic mass is 35.5. The number of pyridine rings is 1. The number of hydrogen-bond donors (Lipinski definition) is 1. The van der Waals surface area contributed by atoms with Crippen molar-refractivity contribution < 1.29 is 0 Å². The lowest BCUT2D eigenvalue weighted by Crippen LogP contribution is -2.08. The Balaban J connectivity index is 2.00. The Morgan fingerprint density at radius 3 is 2.50 bits per heavy atom. The van der Waals surface area contributed by atoms with E-state index in [9.17, 15) is 0 Å². The van der Waals surface area contributed by atoms with Gasteiger partial charge in [-0.3, -0.25) is 4.98 Å². The number of nitrogens with zero attached hydrogens (tertiary/aromatic N) is 2. The van der Waals surface area contributed by atoms with Gasteiger partial charge in [0.15, 0.2) is 0 Å². The summed E-state index contributed by atoms with van der Waals surface area (Å²) in [5.74, 6) is 0. The summed E-state index contributed by atoms with van der Waals surface area (Å²) < 4.78 is 0. The standard InChI is InChI=1S/C14H16ClN3/c1-18(2)13-5-3-12(4-6-13)17-9-11-7-8-16-10-14(11)15/h3-8,10,17H,9H2,1-2H3. The van der Waals surface area contributed by atoms with Crippen LogP contribution < -0.4 is 10.2 Å². The van der Waals surface area contributed by atoms with E-state index in [4.69, 9.17) is 11.6 Å². The highest BCUT2D eigenvalue weighted by Gasteiger charge is 2.00. The lowest BCUT2D eigenvalue weighted by molar-refractivity contribution is 1.12. The maximum Gasteiger partial charge on any atom is 0.0639 e. The average molecular weight is 262 g/mol. The Bertz CT molecular complexity index is 509. The molecule has 0 unspecified atom stereocenters. The van der Waals surface area contributed by atoms with Gasteiger partial charge in [-0.05, 0) is 35.9 Å². The zero-order valence-corrected chi connectivity index (χ0v) is 11.3. The Hall–Kier alpha value is -1.74. The first-order valence-corrected chi connectivity index (χ1v) is 6.14. The first-order valence-electron chi connectivity index (χ1n) is 5.76. The van der Waals surface area contributed by atoms with Crippen LogP contribution in [-0.2, 0) is 6.54 Å². The molecule has 2 rings (SSSR count). The highest BCUT2D eigenvalue weighted by molar-refractivity contribution is 6.31. The predicted molar refractivity (Wildman–Crippen MR) is 77.3 cm³/mol. The number of halogens is 1. The highest BCUT2D eigenvalue weighted by Crippen LogP contribution is 2.18. The van der Waals surface area contributed by atoms with Crippen molar-refractivity contribution in [1.29, 1.82) is 0 Å². The van der Waals surface area contributed by atoms with Crippen LogP contribution in [0.1, 0.15) is 5.56 Å². The van der Waals surface area contributed by atoms with Gasteiger partial charge in [-0.2, -0.15) is 0 Å². The molecule has 0 fully saturated rings. The molecule has 4 heteroatoms. The molecule has 1 N–H and O–H groups in total. The average Bonchev–Trinajstić information content (AvgIpc) is 2.38. The minimum Gasteiger partial charge on any atom is -0.381 e. The van der Waals surface area contributed by atoms with E-state index in [1.807, 2.05) is 20.2 Å². The number of rotatable bonds is 4. The number of anilines is 2. The maximum absolute atomic E-state index is 6.05. The fourth-order valence-electron chi connectivity index (χ4n) is 1.62. The lowest BCUT2D eigenvalue weighted by Gasteiger charge is -2.13. The quantitative estimate of drug-likeness (QED) is 0.914. The molecule has 2 aromatic rings. The molecule has 18 heavy (non-hydrogen) atoms. The van der Waals surface area contributed by atoms with Gasteiger partial charge < -0.3 is 10.2 Å². The topological polar surface area (TPSA) is 28.2 Å². The predicted octanol–water partition coefficient (Wildman–Crippen LogP) is 3.41. The number of benzene rings is 1. The summed E-state index contributed by atoms with van der Waals surface area (Å²) in [5.41, 5.74) is 3.30. The third-order valence-corrected chi connectivity index (χ3v) is 3.06. The van der Waals surface area contributed by atoms with Gasteiger partial charge >= 0.3 is 0 Å². The molecular formula is C14H16ClN3. The zero-order valence-electron chi connectivity index (χ0n) is 10.5. The SMILES string of the molecule is CN(C)c1ccc(NCc2ccncc2Cl)cc1. The van der Waals surface area contributed by atoms with Crippen molar-refractivity contribution in [2.75, 3.05) is 24.3 Å². The van der Waals surface area contributed by atoms with Crippen LogP contribution in [0, 0.1) is 0 Å². The van der Waals surface area contributed by atoms with Crippen molar-refractivity contribution in [3.05, 3.63) is 53.3 Å². The van der Waals surface area contributed by atoms with E-state index in [-0.39, 0.29) is 0 Å². The van der Waals surface area contributed by atoms with Crippen molar-refractivity contribution in [3.8, 4) is 0 Å². The molecular weight excluding hydrogens is 246 g/mol. The van der Waals surface area contributed by atoms with Gasteiger partial charge in [-0.25, -0.2) is 0 Å². The third kappa shape index (κ3) is 3.14. The molecule has 0 atom stereocenters. The van der Waals surface area contributed by atoms with Gasteiger partial charge in [0.05, 0.1) is 5.02 Å². The van der Waals surface area contributed by atoms with Crippen LogP contribution in [0.4, 0.5) is 11.4 Å². The summed E-state index contributed by atoms with van der Waals surface area (Å²) in [4.78, 5) is 6.04. The Labute approximate surface area is 112 Å². The Morgan fingerprint density at radius 1 is 1.17 bits per heavy atom. The van der Waals surface area contributed by atoms with Gasteiger partial charge in [0.2, 0.25) is 0 Å². The van der Waals surface area contributed by atoms with E-state index in [1.54, 1.807) is 12.4 Å². The van der Waals surface area contributed by atoms with Gasteiger partial charge in [-0.15, -0.1) is 0 Å². The zero-order chi connectivity index (χ0) is 13.0. The van der Waals surface area contributed by atoms with Gasteiger partial charge in [-0.1, -0.05) is 11.6 Å². The van der Waals surface area contributed by atoms with Crippen molar-refractivity contribution in [2.45, 2.75) is 6.54 Å². The number of hydrogen-bond acceptors (Lipinski definition) is 3. The molecule has 94 valence electrons. The van der Waals surface area contributed by atoms with Gasteiger partial charge in [0.25, 0.3) is 0 Å². The fourth-order valence-corrected chi connectivity index (χ4v) is 1.81. The van der Waals surface area contributed by atoms with E-state index in [2.05, 4.69) is 39.5 Å². The van der Waals surface area contributed by atoms with Crippen LogP contribution >= 0.6 is 11.6 Å². The summed E-state index contributed by atoms with van der Waals surface area (Å²) in [6.07, 6.45) is 3.41. The van der Waals surface area contributed by atoms with Crippen molar-refractivity contribution in [3.63, 3.8) is 0 Å². The van der Waals surface area contributed by atoms with E-state index >= 15 is 0 Å². The minimum atomic E-state index is 0.690. The second-order valence-corrected chi connectivity index (χ2v) is 4.67. The molecule has 0 saturated heterocycles. The number of aromatic nitrogens is 1. The molecule has 0 aliphatic carbocycles. The largest absolute Gasteiger partial charge is 0.381 e. The third-order valence-electron chi connectivity index (χ3n) is 2.72. The molecule has 3 nitrogen and oxygen atoms in total. The van der Waals surface area contributed by atoms with Gasteiger partial charge in [0.1, 0.15) is 0 Å². The van der Waals surface area contributed by atoms with Crippen LogP contribution in [0.2, 0.25) is 5.02 Å². The summed E-state index contributed by atoms with van der Waals surface area (Å²) in [6.45, 7) is 0.697. The maximum atomic E-state index is 6.05. The molecule has 0 amide bonds. The molecule has 0 saturated carbocycles. The second kappa shape index (κ2) is 5.74. The van der Waals surface area contributed by atoms with Crippen LogP contribution in [0.25, 0.3) is 0 Å². The lowest BCUT2D eigenvalue weighted by atomic mass is 10.2. The van der Waals surface area contributed by atoms with E-state index in [1.165, 1.54) is 5.69 Å². The minimum absolute atomic E-state index is 0.690. The van der Waals surface area contributed by atoms with Crippen LogP contribution in [0.3, 0.4) is 0 Å². The van der Waals surface area contributed by atoms with Crippen molar-refractivity contribution in [1.82, 2.24) is 4.98 Å². The molecule has 0 aliphatic rings. The Morgan fingerprint density at radius 2 is 1.89 bits per heavy atom. The first-order chi connectivity index (χ1) is 8.66. The summed E-state index contributed by atoms with van der Waals surface area (Å²) in [6, 6.07) is 10.2. The van der Waals surface area contributed by atoms with E-state index in [0.717, 1.165) is 11.3 Å². The fraction of sp³-hybridized carbons (Fsp3) is 0.214. The normalized spacial score (nSPS) is 10.2. The summed E-state index contributed by atoms with van der Waals surface area (Å²) in [7, 11) is 4.05. The van der Waals surface area contributed by atoms with Crippen molar-refractivity contribution >= 4 is 23.0 Å². The van der Waals surface area contributed by atoms with E-state index in [0.29, 0.717) is 11.6 Å². The Kier molecular flexibility index (Phi) is 4.05. The number of nitrogens with one attached hydrogen (secondary N) is 1. The van der Waals surface area contributed by atoms with Crippen LogP contribution in [0.15, 0.2) is 42.7 Å². The molecule has 0 bridgehead atoms. The smallest absolute Gasteiger partial charge is 0.0639 e. The molecule has 0 spiro atoms. The molecule has 1 heterocycles. The summed E-state index contributed by atoms with van der Waals surface area (Å²) >= 11 is 6.05. The summed E-state index contributed by atoms with van der Waals surface area (Å²) in [5, 5.41) is 4.03. The van der Waals surface area contributed by atoms with Crippen LogP contribution in [-0.4, -0.2) is 19.1 Å². The molecule has 1 aromatic heterocycles. The molecule has 1 aromatic carbocycles.